The lowest BCUT2D eigenvalue weighted by atomic mass is 10.1. The van der Waals surface area contributed by atoms with Gasteiger partial charge in [0.1, 0.15) is 6.61 Å². The van der Waals surface area contributed by atoms with Gasteiger partial charge in [-0.1, -0.05) is 36.4 Å². The maximum atomic E-state index is 12.2. The van der Waals surface area contributed by atoms with Gasteiger partial charge in [-0.05, 0) is 12.1 Å². The minimum absolute atomic E-state index is 0.0854. The molecule has 1 heterocycles. The average molecular weight is 276 g/mol. The first-order chi connectivity index (χ1) is 10.3. The third-order valence-corrected chi connectivity index (χ3v) is 3.31. The second-order valence-electron chi connectivity index (χ2n) is 4.59. The molecular formula is C17H12N2O2. The first kappa shape index (κ1) is 12.9. The molecule has 2 aromatic carbocycles. The Hall–Kier alpha value is -3.06. The Morgan fingerprint density at radius 3 is 2.76 bits per heavy atom. The molecule has 0 bridgehead atoms. The van der Waals surface area contributed by atoms with Crippen LogP contribution in [0.5, 0.6) is 0 Å². The molecule has 0 aliphatic rings. The number of carbonyl (C=O) groups excluding carboxylic acids is 1. The summed E-state index contributed by atoms with van der Waals surface area (Å²) in [4.78, 5) is 15.2. The molecule has 0 saturated heterocycles. The molecular weight excluding hydrogens is 264 g/mol. The number of esters is 1. The van der Waals surface area contributed by atoms with Gasteiger partial charge in [0.05, 0.1) is 17.2 Å². The minimum Gasteiger partial charge on any atom is -0.457 e. The molecule has 0 aliphatic heterocycles. The van der Waals surface area contributed by atoms with Gasteiger partial charge in [0.15, 0.2) is 0 Å². The van der Waals surface area contributed by atoms with E-state index >= 15 is 0 Å². The van der Waals surface area contributed by atoms with E-state index in [1.165, 1.54) is 0 Å². The number of para-hydroxylation sites is 1. The summed E-state index contributed by atoms with van der Waals surface area (Å²) in [5, 5.41) is 9.84. The maximum absolute atomic E-state index is 12.2. The van der Waals surface area contributed by atoms with Gasteiger partial charge in [0.25, 0.3) is 0 Å². The standard InChI is InChI=1S/C17H12N2O2/c18-9-12-5-1-2-6-13(12)11-21-17(20)15-10-19-16-8-4-3-7-14(15)16/h1-8,10,19H,11H2. The molecule has 1 aromatic heterocycles. The number of carbonyl (C=O) groups is 1. The van der Waals surface area contributed by atoms with E-state index in [1.54, 1.807) is 24.4 Å². The number of H-pyrrole nitrogens is 1. The van der Waals surface area contributed by atoms with E-state index in [2.05, 4.69) is 11.1 Å². The maximum Gasteiger partial charge on any atom is 0.340 e. The molecule has 1 N–H and O–H groups in total. The molecule has 102 valence electrons. The zero-order chi connectivity index (χ0) is 14.7. The first-order valence-corrected chi connectivity index (χ1v) is 6.51. The van der Waals surface area contributed by atoms with Gasteiger partial charge in [0.2, 0.25) is 0 Å². The largest absolute Gasteiger partial charge is 0.457 e. The van der Waals surface area contributed by atoms with Crippen molar-refractivity contribution in [2.24, 2.45) is 0 Å². The number of ether oxygens (including phenoxy) is 1. The highest BCUT2D eigenvalue weighted by Gasteiger charge is 2.13. The van der Waals surface area contributed by atoms with Crippen LogP contribution in [0.2, 0.25) is 0 Å². The fraction of sp³-hybridized carbons (Fsp3) is 0.0588. The Morgan fingerprint density at radius 1 is 1.14 bits per heavy atom. The smallest absolute Gasteiger partial charge is 0.340 e. The van der Waals surface area contributed by atoms with E-state index in [1.807, 2.05) is 30.3 Å². The topological polar surface area (TPSA) is 65.9 Å². The van der Waals surface area contributed by atoms with Crippen molar-refractivity contribution in [3.05, 3.63) is 71.4 Å². The first-order valence-electron chi connectivity index (χ1n) is 6.51. The normalized spacial score (nSPS) is 10.2. The third-order valence-electron chi connectivity index (χ3n) is 3.31. The molecule has 3 aromatic rings. The number of fused-ring (bicyclic) bond motifs is 1. The molecule has 3 rings (SSSR count). The number of hydrogen-bond donors (Lipinski definition) is 1. The van der Waals surface area contributed by atoms with Crippen molar-refractivity contribution in [1.29, 1.82) is 5.26 Å². The quantitative estimate of drug-likeness (QED) is 0.745. The predicted octanol–water partition coefficient (Wildman–Crippen LogP) is 3.40. The van der Waals surface area contributed by atoms with Gasteiger partial charge < -0.3 is 9.72 Å². The highest BCUT2D eigenvalue weighted by Crippen LogP contribution is 2.19. The molecule has 21 heavy (non-hydrogen) atoms. The van der Waals surface area contributed by atoms with Crippen LogP contribution in [0.15, 0.2) is 54.7 Å². The Balaban J connectivity index is 1.80. The van der Waals surface area contributed by atoms with Gasteiger partial charge in [0, 0.05) is 22.7 Å². The van der Waals surface area contributed by atoms with Crippen LogP contribution in [0.3, 0.4) is 0 Å². The Kier molecular flexibility index (Phi) is 3.40. The van der Waals surface area contributed by atoms with E-state index < -0.39 is 5.97 Å². The summed E-state index contributed by atoms with van der Waals surface area (Å²) in [6, 6.07) is 16.7. The van der Waals surface area contributed by atoms with Gasteiger partial charge in [-0.2, -0.15) is 5.26 Å². The average Bonchev–Trinajstić information content (AvgIpc) is 2.97. The Labute approximate surface area is 121 Å². The van der Waals surface area contributed by atoms with Crippen LogP contribution < -0.4 is 0 Å². The second-order valence-corrected chi connectivity index (χ2v) is 4.59. The molecule has 0 unspecified atom stereocenters. The fourth-order valence-corrected chi connectivity index (χ4v) is 2.22. The van der Waals surface area contributed by atoms with Crippen LogP contribution in [0.25, 0.3) is 10.9 Å². The van der Waals surface area contributed by atoms with Crippen LogP contribution in [0.4, 0.5) is 0 Å². The molecule has 4 heteroatoms. The molecule has 0 atom stereocenters. The van der Waals surface area contributed by atoms with Crippen LogP contribution in [-0.2, 0) is 11.3 Å². The number of rotatable bonds is 3. The molecule has 4 nitrogen and oxygen atoms in total. The van der Waals surface area contributed by atoms with E-state index in [9.17, 15) is 4.79 Å². The van der Waals surface area contributed by atoms with Gasteiger partial charge in [-0.15, -0.1) is 0 Å². The summed E-state index contributed by atoms with van der Waals surface area (Å²) in [6.07, 6.45) is 1.64. The number of aromatic amines is 1. The zero-order valence-electron chi connectivity index (χ0n) is 11.2. The third kappa shape index (κ3) is 2.49. The van der Waals surface area contributed by atoms with Gasteiger partial charge in [-0.3, -0.25) is 0 Å². The van der Waals surface area contributed by atoms with E-state index in [0.717, 1.165) is 10.9 Å². The summed E-state index contributed by atoms with van der Waals surface area (Å²) in [6.45, 7) is 0.0854. The fourth-order valence-electron chi connectivity index (χ4n) is 2.22. The van der Waals surface area contributed by atoms with Crippen molar-refractivity contribution in [2.45, 2.75) is 6.61 Å². The monoisotopic (exact) mass is 276 g/mol. The molecule has 0 spiro atoms. The van der Waals surface area contributed by atoms with Crippen molar-refractivity contribution in [3.8, 4) is 6.07 Å². The van der Waals surface area contributed by atoms with Crippen LogP contribution in [0, 0.1) is 11.3 Å². The Morgan fingerprint density at radius 2 is 1.90 bits per heavy atom. The number of hydrogen-bond acceptors (Lipinski definition) is 3. The van der Waals surface area contributed by atoms with Gasteiger partial charge in [-0.25, -0.2) is 4.79 Å². The van der Waals surface area contributed by atoms with E-state index in [-0.39, 0.29) is 6.61 Å². The van der Waals surface area contributed by atoms with Crippen LogP contribution in [-0.4, -0.2) is 11.0 Å². The SMILES string of the molecule is N#Cc1ccccc1COC(=O)c1c[nH]c2ccccc12. The number of nitriles is 1. The predicted molar refractivity (Wildman–Crippen MR) is 78.6 cm³/mol. The van der Waals surface area contributed by atoms with Crippen molar-refractivity contribution >= 4 is 16.9 Å². The van der Waals surface area contributed by atoms with Crippen molar-refractivity contribution < 1.29 is 9.53 Å². The van der Waals surface area contributed by atoms with Crippen molar-refractivity contribution in [2.75, 3.05) is 0 Å². The van der Waals surface area contributed by atoms with E-state index in [0.29, 0.717) is 16.7 Å². The molecule has 0 aliphatic carbocycles. The van der Waals surface area contributed by atoms with Crippen LogP contribution in [0.1, 0.15) is 21.5 Å². The Bertz CT molecular complexity index is 843. The number of benzene rings is 2. The summed E-state index contributed by atoms with van der Waals surface area (Å²) < 4.78 is 5.31. The van der Waals surface area contributed by atoms with Crippen molar-refractivity contribution in [1.82, 2.24) is 4.98 Å². The number of nitrogens with zero attached hydrogens (tertiary/aromatic N) is 1. The van der Waals surface area contributed by atoms with Gasteiger partial charge >= 0.3 is 5.97 Å². The second kappa shape index (κ2) is 5.51. The minimum atomic E-state index is -0.403. The molecule has 0 radical (unpaired) electrons. The lowest BCUT2D eigenvalue weighted by Gasteiger charge is -2.05. The lowest BCUT2D eigenvalue weighted by Crippen LogP contribution is -2.05. The molecule has 0 fully saturated rings. The summed E-state index contributed by atoms with van der Waals surface area (Å²) in [5.41, 5.74) is 2.61. The zero-order valence-corrected chi connectivity index (χ0v) is 11.2. The number of aromatic nitrogens is 1. The molecule has 0 amide bonds. The highest BCUT2D eigenvalue weighted by atomic mass is 16.5. The highest BCUT2D eigenvalue weighted by molar-refractivity contribution is 6.03. The van der Waals surface area contributed by atoms with E-state index in [4.69, 9.17) is 10.00 Å². The van der Waals surface area contributed by atoms with Crippen molar-refractivity contribution in [3.63, 3.8) is 0 Å². The summed E-state index contributed by atoms with van der Waals surface area (Å²) in [7, 11) is 0. The summed E-state index contributed by atoms with van der Waals surface area (Å²) >= 11 is 0. The lowest BCUT2D eigenvalue weighted by molar-refractivity contribution is 0.0475. The summed E-state index contributed by atoms with van der Waals surface area (Å²) in [5.74, 6) is -0.403. The molecule has 0 saturated carbocycles. The number of nitrogens with one attached hydrogen (secondary N) is 1. The van der Waals surface area contributed by atoms with Crippen LogP contribution >= 0.6 is 0 Å².